The molecule has 2 heteroatoms. The van der Waals surface area contributed by atoms with Crippen molar-refractivity contribution in [3.8, 4) is 0 Å². The third-order valence-electron chi connectivity index (χ3n) is 10.1. The Morgan fingerprint density at radius 2 is 0.943 bits per heavy atom. The Hall–Kier alpha value is -3.78. The molecule has 4 aromatic carbocycles. The molecule has 6 atom stereocenters. The van der Waals surface area contributed by atoms with Crippen molar-refractivity contribution < 1.29 is 0 Å². The van der Waals surface area contributed by atoms with Crippen LogP contribution in [0.4, 0.5) is 0 Å². The van der Waals surface area contributed by atoms with E-state index in [4.69, 9.17) is 9.97 Å². The quantitative estimate of drug-likeness (QED) is 0.222. The van der Waals surface area contributed by atoms with E-state index in [0.29, 0.717) is 23.7 Å². The molecule has 0 aliphatic heterocycles. The molecule has 0 N–H and O–H groups in total. The van der Waals surface area contributed by atoms with Gasteiger partial charge >= 0.3 is 0 Å². The third-order valence-corrected chi connectivity index (χ3v) is 10.1. The van der Waals surface area contributed by atoms with Crippen molar-refractivity contribution in [3.63, 3.8) is 0 Å². The van der Waals surface area contributed by atoms with Crippen LogP contribution in [0.1, 0.15) is 52.6 Å². The maximum absolute atomic E-state index is 5.48. The van der Waals surface area contributed by atoms with E-state index in [2.05, 4.69) is 84.9 Å². The second kappa shape index (κ2) is 5.71. The molecule has 0 spiro atoms. The number of benzene rings is 4. The lowest BCUT2D eigenvalue weighted by Gasteiger charge is -2.26. The van der Waals surface area contributed by atoms with Crippen LogP contribution in [-0.4, -0.2) is 9.97 Å². The molecule has 10 rings (SSSR count). The normalized spacial score (nSPS) is 29.0. The van der Waals surface area contributed by atoms with Crippen LogP contribution in [0.15, 0.2) is 84.9 Å². The van der Waals surface area contributed by atoms with E-state index in [-0.39, 0.29) is 0 Å². The maximum atomic E-state index is 5.48. The maximum Gasteiger partial charge on any atom is 0.0783 e. The number of rotatable bonds is 0. The number of fused-ring (bicyclic) bond motifs is 14. The van der Waals surface area contributed by atoms with Gasteiger partial charge in [0.05, 0.1) is 11.0 Å². The first kappa shape index (κ1) is 17.6. The first-order valence-electron chi connectivity index (χ1n) is 13.0. The molecule has 0 radical (unpaired) electrons. The smallest absolute Gasteiger partial charge is 0.0783 e. The van der Waals surface area contributed by atoms with E-state index in [9.17, 15) is 0 Å². The molecule has 2 saturated carbocycles. The fourth-order valence-corrected chi connectivity index (χ4v) is 8.95. The summed E-state index contributed by atoms with van der Waals surface area (Å²) in [5.41, 5.74) is 8.23. The molecule has 0 amide bonds. The van der Waals surface area contributed by atoms with Gasteiger partial charge in [0.1, 0.15) is 0 Å². The zero-order valence-electron chi connectivity index (χ0n) is 19.1. The molecule has 2 heterocycles. The van der Waals surface area contributed by atoms with Crippen LogP contribution in [0.5, 0.6) is 0 Å². The van der Waals surface area contributed by atoms with E-state index in [1.807, 2.05) is 0 Å². The monoisotopic (exact) mass is 446 g/mol. The zero-order valence-corrected chi connectivity index (χ0v) is 19.1. The van der Waals surface area contributed by atoms with Gasteiger partial charge in [0.2, 0.25) is 0 Å². The third kappa shape index (κ3) is 1.91. The minimum Gasteiger partial charge on any atom is -0.252 e. The molecule has 4 aliphatic rings. The highest BCUT2D eigenvalue weighted by molar-refractivity contribution is 6.06. The summed E-state index contributed by atoms with van der Waals surface area (Å²) < 4.78 is 0. The Morgan fingerprint density at radius 1 is 0.486 bits per heavy atom. The number of nitrogens with zero attached hydrogens (tertiary/aromatic N) is 2. The van der Waals surface area contributed by atoms with Crippen LogP contribution >= 0.6 is 0 Å². The molecule has 0 saturated heterocycles. The van der Waals surface area contributed by atoms with Gasteiger partial charge in [0, 0.05) is 44.8 Å². The summed E-state index contributed by atoms with van der Waals surface area (Å²) in [7, 11) is 0. The minimum atomic E-state index is 0.529. The van der Waals surface area contributed by atoms with Crippen molar-refractivity contribution in [2.24, 2.45) is 11.8 Å². The van der Waals surface area contributed by atoms with Gasteiger partial charge in [-0.05, 0) is 64.1 Å². The predicted octanol–water partition coefficient (Wildman–Crippen LogP) is 7.80. The van der Waals surface area contributed by atoms with Gasteiger partial charge in [0.25, 0.3) is 0 Å². The highest BCUT2D eigenvalue weighted by Gasteiger charge is 2.68. The minimum absolute atomic E-state index is 0.529. The summed E-state index contributed by atoms with van der Waals surface area (Å²) in [6, 6.07) is 31.5. The van der Waals surface area contributed by atoms with E-state index in [0.717, 1.165) is 11.8 Å². The van der Waals surface area contributed by atoms with Crippen molar-refractivity contribution in [2.75, 3.05) is 0 Å². The Balaban J connectivity index is 1.25. The summed E-state index contributed by atoms with van der Waals surface area (Å²) >= 11 is 0. The van der Waals surface area contributed by atoms with Crippen LogP contribution in [0.2, 0.25) is 0 Å². The van der Waals surface area contributed by atoms with E-state index in [1.165, 1.54) is 61.2 Å². The Kier molecular flexibility index (Phi) is 2.88. The highest BCUT2D eigenvalue weighted by Crippen LogP contribution is 2.78. The van der Waals surface area contributed by atoms with Gasteiger partial charge in [0.15, 0.2) is 0 Å². The molecule has 4 unspecified atom stereocenters. The van der Waals surface area contributed by atoms with Crippen molar-refractivity contribution in [1.29, 1.82) is 0 Å². The zero-order chi connectivity index (χ0) is 22.4. The van der Waals surface area contributed by atoms with Gasteiger partial charge in [-0.1, -0.05) is 72.8 Å². The van der Waals surface area contributed by atoms with Gasteiger partial charge in [-0.25, -0.2) is 0 Å². The van der Waals surface area contributed by atoms with Gasteiger partial charge < -0.3 is 0 Å². The lowest BCUT2D eigenvalue weighted by molar-refractivity contribution is 0.350. The lowest BCUT2D eigenvalue weighted by atomic mass is 9.76. The van der Waals surface area contributed by atoms with Crippen LogP contribution in [0.25, 0.3) is 43.4 Å². The second-order valence-electron chi connectivity index (χ2n) is 11.3. The molecule has 2 aromatic heterocycles. The molecular formula is C33H22N2. The molecule has 2 bridgehead atoms. The SMILES string of the molecule is c1ccc2c(c1)ccc1cc3c(nc12)C1C2c4nc5c(ccc6ccccc65)cc4C4C3[C@H]1C[C@@H]42. The number of aromatic nitrogens is 2. The Morgan fingerprint density at radius 3 is 1.46 bits per heavy atom. The highest BCUT2D eigenvalue weighted by atomic mass is 14.9. The second-order valence-corrected chi connectivity index (χ2v) is 11.3. The molecule has 35 heavy (non-hydrogen) atoms. The van der Waals surface area contributed by atoms with Gasteiger partial charge in [-0.3, -0.25) is 9.97 Å². The van der Waals surface area contributed by atoms with Crippen molar-refractivity contribution in [3.05, 3.63) is 107 Å². The van der Waals surface area contributed by atoms with Crippen molar-refractivity contribution >= 4 is 43.4 Å². The Labute approximate surface area is 202 Å². The van der Waals surface area contributed by atoms with Crippen LogP contribution in [0.3, 0.4) is 0 Å². The average molecular weight is 447 g/mol. The number of hydrogen-bond acceptors (Lipinski definition) is 2. The largest absolute Gasteiger partial charge is 0.252 e. The van der Waals surface area contributed by atoms with Crippen LogP contribution in [-0.2, 0) is 0 Å². The molecule has 164 valence electrons. The lowest BCUT2D eigenvalue weighted by Crippen LogP contribution is -2.17. The first-order valence-corrected chi connectivity index (χ1v) is 13.0. The molecule has 4 aliphatic carbocycles. The molecule has 2 fully saturated rings. The number of hydrogen-bond donors (Lipinski definition) is 0. The fourth-order valence-electron chi connectivity index (χ4n) is 8.95. The van der Waals surface area contributed by atoms with Crippen molar-refractivity contribution in [2.45, 2.75) is 30.1 Å². The molecular weight excluding hydrogens is 424 g/mol. The van der Waals surface area contributed by atoms with E-state index < -0.39 is 0 Å². The van der Waals surface area contributed by atoms with E-state index >= 15 is 0 Å². The van der Waals surface area contributed by atoms with Gasteiger partial charge in [-0.15, -0.1) is 0 Å². The predicted molar refractivity (Wildman–Crippen MR) is 141 cm³/mol. The standard InChI is InChI=1S/C33H22N2/c1-3-7-20-16(5-1)9-11-18-13-24-26-22-15-23-27(26)25-14-19-12-10-17-6-2-4-8-21(17)31(19)35-33(25)29(23)28(22)32(24)34-30(18)20/h1-14,22-23,26-29H,15H2/t22-,23+,26?,27?,28?,29?. The summed E-state index contributed by atoms with van der Waals surface area (Å²) in [4.78, 5) is 11.0. The summed E-state index contributed by atoms with van der Waals surface area (Å²) in [6.07, 6.45) is 1.34. The topological polar surface area (TPSA) is 25.8 Å². The Bertz CT molecular complexity index is 1790. The van der Waals surface area contributed by atoms with Gasteiger partial charge in [-0.2, -0.15) is 0 Å². The van der Waals surface area contributed by atoms with Crippen molar-refractivity contribution in [1.82, 2.24) is 9.97 Å². The fraction of sp³-hybridized carbons (Fsp3) is 0.212. The summed E-state index contributed by atoms with van der Waals surface area (Å²) in [6.45, 7) is 0. The van der Waals surface area contributed by atoms with Crippen LogP contribution < -0.4 is 0 Å². The molecule has 2 nitrogen and oxygen atoms in total. The summed E-state index contributed by atoms with van der Waals surface area (Å²) in [5.74, 6) is 3.74. The average Bonchev–Trinajstić information content (AvgIpc) is 3.58. The summed E-state index contributed by atoms with van der Waals surface area (Å²) in [5, 5.41) is 7.72. The van der Waals surface area contributed by atoms with Crippen LogP contribution in [0, 0.1) is 11.8 Å². The number of pyridine rings is 2. The molecule has 6 aromatic rings. The van der Waals surface area contributed by atoms with E-state index in [1.54, 1.807) is 11.1 Å². The first-order chi connectivity index (χ1) is 17.3.